The molecule has 4 nitrogen and oxygen atoms in total. The molecule has 0 radical (unpaired) electrons. The second kappa shape index (κ2) is 5.04. The van der Waals surface area contributed by atoms with Gasteiger partial charge in [0.25, 0.3) is 0 Å². The number of rotatable bonds is 3. The number of ketones is 1. The number of Topliss-reactive ketones (excluding diaryl/α,β-unsaturated/α-hetero) is 1. The van der Waals surface area contributed by atoms with E-state index in [0.717, 1.165) is 32.6 Å². The van der Waals surface area contributed by atoms with Gasteiger partial charge in [0.15, 0.2) is 0 Å². The van der Waals surface area contributed by atoms with Crippen molar-refractivity contribution in [1.82, 2.24) is 9.80 Å². The van der Waals surface area contributed by atoms with E-state index < -0.39 is 0 Å². The summed E-state index contributed by atoms with van der Waals surface area (Å²) in [4.78, 5) is 18.1. The van der Waals surface area contributed by atoms with Crippen molar-refractivity contribution in [2.75, 3.05) is 26.2 Å². The van der Waals surface area contributed by atoms with E-state index in [-0.39, 0.29) is 16.2 Å². The van der Waals surface area contributed by atoms with E-state index in [4.69, 9.17) is 5.26 Å². The van der Waals surface area contributed by atoms with Crippen molar-refractivity contribution >= 4 is 5.78 Å². The Labute approximate surface area is 139 Å². The largest absolute Gasteiger partial charge is 0.298 e. The Kier molecular flexibility index (Phi) is 3.42. The molecule has 4 saturated heterocycles. The molecule has 4 heteroatoms. The molecule has 0 aromatic carbocycles. The minimum absolute atomic E-state index is 0.174. The summed E-state index contributed by atoms with van der Waals surface area (Å²) in [5.74, 6) is 0.491. The van der Waals surface area contributed by atoms with E-state index in [0.29, 0.717) is 18.4 Å². The molecule has 0 amide bonds. The standard InChI is InChI=1S/C19H29N3O/c1-17-11-21-13-18(2,15(17)23)14-22(12-17)16(21)19(9-6-10-20)7-4-3-5-8-19/h16H,3-9,11-14H2,1-2H3. The molecule has 4 bridgehead atoms. The molecule has 4 heterocycles. The van der Waals surface area contributed by atoms with Gasteiger partial charge in [-0.15, -0.1) is 0 Å². The number of hydrogen-bond acceptors (Lipinski definition) is 4. The second-order valence-electron chi connectivity index (χ2n) is 9.22. The lowest BCUT2D eigenvalue weighted by Crippen LogP contribution is -2.80. The lowest BCUT2D eigenvalue weighted by Gasteiger charge is -2.68. The number of hydrogen-bond donors (Lipinski definition) is 0. The van der Waals surface area contributed by atoms with Gasteiger partial charge in [-0.2, -0.15) is 5.26 Å². The van der Waals surface area contributed by atoms with E-state index in [1.54, 1.807) is 0 Å². The van der Waals surface area contributed by atoms with Gasteiger partial charge in [-0.3, -0.25) is 14.6 Å². The average Bonchev–Trinajstić information content (AvgIpc) is 2.50. The van der Waals surface area contributed by atoms with Gasteiger partial charge >= 0.3 is 0 Å². The molecule has 0 N–H and O–H groups in total. The molecule has 0 unspecified atom stereocenters. The molecule has 5 fully saturated rings. The lowest BCUT2D eigenvalue weighted by molar-refractivity contribution is -0.221. The van der Waals surface area contributed by atoms with Crippen LogP contribution < -0.4 is 0 Å². The second-order valence-corrected chi connectivity index (χ2v) is 9.22. The van der Waals surface area contributed by atoms with Gasteiger partial charge in [-0.25, -0.2) is 0 Å². The van der Waals surface area contributed by atoms with E-state index in [1.807, 2.05) is 0 Å². The first-order valence-electron chi connectivity index (χ1n) is 9.33. The Balaban J connectivity index is 1.67. The van der Waals surface area contributed by atoms with Crippen molar-refractivity contribution in [3.8, 4) is 6.07 Å². The summed E-state index contributed by atoms with van der Waals surface area (Å²) < 4.78 is 0. The van der Waals surface area contributed by atoms with Crippen molar-refractivity contribution in [2.24, 2.45) is 16.2 Å². The van der Waals surface area contributed by atoms with Crippen molar-refractivity contribution in [3.05, 3.63) is 0 Å². The maximum absolute atomic E-state index is 12.9. The van der Waals surface area contributed by atoms with Crippen LogP contribution in [0.1, 0.15) is 58.8 Å². The molecule has 0 atom stereocenters. The van der Waals surface area contributed by atoms with Crippen LogP contribution in [0.3, 0.4) is 0 Å². The fourth-order valence-electron chi connectivity index (χ4n) is 6.57. The van der Waals surface area contributed by atoms with Crippen molar-refractivity contribution in [1.29, 1.82) is 5.26 Å². The summed E-state index contributed by atoms with van der Waals surface area (Å²) in [5.41, 5.74) is -0.0727. The Morgan fingerprint density at radius 2 is 1.57 bits per heavy atom. The Morgan fingerprint density at radius 3 is 2.04 bits per heavy atom. The van der Waals surface area contributed by atoms with Crippen LogP contribution in [0, 0.1) is 27.6 Å². The SMILES string of the molecule is CC12CN3CC(C)(CN(C1)C3C1(CCC#N)CCCCC1)C2=O. The highest BCUT2D eigenvalue weighted by Gasteiger charge is 2.64. The predicted molar refractivity (Wildman–Crippen MR) is 88.5 cm³/mol. The third-order valence-corrected chi connectivity index (χ3v) is 7.13. The van der Waals surface area contributed by atoms with E-state index in [1.165, 1.54) is 32.1 Å². The van der Waals surface area contributed by atoms with Crippen LogP contribution in [0.2, 0.25) is 0 Å². The van der Waals surface area contributed by atoms with Crippen molar-refractivity contribution < 1.29 is 4.79 Å². The van der Waals surface area contributed by atoms with Gasteiger partial charge in [0, 0.05) is 38.0 Å². The zero-order chi connectivity index (χ0) is 16.3. The molecule has 5 aliphatic rings. The molecule has 1 aliphatic carbocycles. The third-order valence-electron chi connectivity index (χ3n) is 7.13. The number of piperidine rings is 2. The topological polar surface area (TPSA) is 47.3 Å². The molecule has 4 aliphatic heterocycles. The monoisotopic (exact) mass is 315 g/mol. The van der Waals surface area contributed by atoms with Gasteiger partial charge in [-0.1, -0.05) is 33.1 Å². The number of nitrogens with zero attached hydrogens (tertiary/aromatic N) is 3. The van der Waals surface area contributed by atoms with Crippen LogP contribution >= 0.6 is 0 Å². The fourth-order valence-corrected chi connectivity index (χ4v) is 6.57. The molecular formula is C19H29N3O. The van der Waals surface area contributed by atoms with Gasteiger partial charge in [-0.05, 0) is 19.3 Å². The summed E-state index contributed by atoms with van der Waals surface area (Å²) in [5, 5.41) is 9.16. The summed E-state index contributed by atoms with van der Waals surface area (Å²) in [6.45, 7) is 8.05. The molecule has 23 heavy (non-hydrogen) atoms. The molecular weight excluding hydrogens is 286 g/mol. The fraction of sp³-hybridized carbons (Fsp3) is 0.895. The summed E-state index contributed by atoms with van der Waals surface area (Å²) in [6.07, 6.45) is 8.63. The summed E-state index contributed by atoms with van der Waals surface area (Å²) >= 11 is 0. The van der Waals surface area contributed by atoms with E-state index in [2.05, 4.69) is 29.7 Å². The number of nitriles is 1. The van der Waals surface area contributed by atoms with Crippen molar-refractivity contribution in [2.45, 2.75) is 65.0 Å². The van der Waals surface area contributed by atoms with Gasteiger partial charge in [0.05, 0.1) is 23.1 Å². The Morgan fingerprint density at radius 1 is 1.04 bits per heavy atom. The van der Waals surface area contributed by atoms with Gasteiger partial charge in [0.1, 0.15) is 5.78 Å². The maximum atomic E-state index is 12.9. The van der Waals surface area contributed by atoms with Crippen LogP contribution in [0.25, 0.3) is 0 Å². The Hall–Kier alpha value is -0.920. The van der Waals surface area contributed by atoms with Crippen LogP contribution in [0.15, 0.2) is 0 Å². The van der Waals surface area contributed by atoms with Crippen LogP contribution in [-0.4, -0.2) is 47.9 Å². The van der Waals surface area contributed by atoms with Crippen LogP contribution in [0.4, 0.5) is 0 Å². The van der Waals surface area contributed by atoms with Crippen LogP contribution in [-0.2, 0) is 4.79 Å². The normalized spacial score (nSPS) is 47.5. The quantitative estimate of drug-likeness (QED) is 0.803. The molecule has 0 aromatic rings. The number of carbonyl (C=O) groups is 1. The highest BCUT2D eigenvalue weighted by atomic mass is 16.1. The average molecular weight is 315 g/mol. The first-order valence-corrected chi connectivity index (χ1v) is 9.33. The highest BCUT2D eigenvalue weighted by Crippen LogP contribution is 2.55. The number of carbonyl (C=O) groups excluding carboxylic acids is 1. The first-order chi connectivity index (χ1) is 10.9. The summed E-state index contributed by atoms with van der Waals surface area (Å²) in [6, 6.07) is 2.39. The van der Waals surface area contributed by atoms with E-state index in [9.17, 15) is 4.79 Å². The molecule has 1 saturated carbocycles. The molecule has 0 aromatic heterocycles. The zero-order valence-electron chi connectivity index (χ0n) is 14.6. The molecule has 5 rings (SSSR count). The van der Waals surface area contributed by atoms with Gasteiger partial charge < -0.3 is 0 Å². The maximum Gasteiger partial charge on any atom is 0.149 e. The zero-order valence-corrected chi connectivity index (χ0v) is 14.6. The first kappa shape index (κ1) is 15.6. The van der Waals surface area contributed by atoms with Gasteiger partial charge in [0.2, 0.25) is 0 Å². The lowest BCUT2D eigenvalue weighted by atomic mass is 9.58. The summed E-state index contributed by atoms with van der Waals surface area (Å²) in [7, 11) is 0. The minimum atomic E-state index is -0.174. The van der Waals surface area contributed by atoms with E-state index >= 15 is 0 Å². The minimum Gasteiger partial charge on any atom is -0.298 e. The smallest absolute Gasteiger partial charge is 0.149 e. The molecule has 126 valence electrons. The highest BCUT2D eigenvalue weighted by molar-refractivity contribution is 5.92. The van der Waals surface area contributed by atoms with Crippen LogP contribution in [0.5, 0.6) is 0 Å². The third kappa shape index (κ3) is 2.13. The molecule has 0 spiro atoms. The predicted octanol–water partition coefficient (Wildman–Crippen LogP) is 2.79. The Bertz CT molecular complexity index is 517. The van der Waals surface area contributed by atoms with Crippen molar-refractivity contribution in [3.63, 3.8) is 0 Å².